The van der Waals surface area contributed by atoms with Crippen molar-refractivity contribution in [3.05, 3.63) is 59.7 Å². The Labute approximate surface area is 194 Å². The summed E-state index contributed by atoms with van der Waals surface area (Å²) < 4.78 is 5.58. The Hall–Kier alpha value is -3.35. The van der Waals surface area contributed by atoms with E-state index in [4.69, 9.17) is 9.84 Å². The first-order chi connectivity index (χ1) is 15.8. The van der Waals surface area contributed by atoms with E-state index in [9.17, 15) is 14.4 Å². The molecule has 0 aliphatic heterocycles. The number of carbonyl (C=O) groups excluding carboxylic acids is 2. The second kappa shape index (κ2) is 11.0. The minimum absolute atomic E-state index is 0.0629. The van der Waals surface area contributed by atoms with E-state index < -0.39 is 24.0 Å². The molecule has 2 unspecified atom stereocenters. The van der Waals surface area contributed by atoms with Gasteiger partial charge in [0.2, 0.25) is 5.91 Å². The fourth-order valence-corrected chi connectivity index (χ4v) is 4.29. The average Bonchev–Trinajstić information content (AvgIpc) is 3.13. The highest BCUT2D eigenvalue weighted by atomic mass is 16.5. The number of rotatable bonds is 10. The lowest BCUT2D eigenvalue weighted by molar-refractivity contribution is -0.143. The smallest absolute Gasteiger partial charge is 0.407 e. The van der Waals surface area contributed by atoms with E-state index >= 15 is 0 Å². The molecule has 0 bridgehead atoms. The van der Waals surface area contributed by atoms with Crippen LogP contribution in [0.15, 0.2) is 48.5 Å². The van der Waals surface area contributed by atoms with Crippen molar-refractivity contribution in [1.82, 2.24) is 10.2 Å². The van der Waals surface area contributed by atoms with Crippen LogP contribution in [-0.4, -0.2) is 54.2 Å². The average molecular weight is 453 g/mol. The molecular weight excluding hydrogens is 420 g/mol. The number of carboxylic acids is 1. The number of fused-ring (bicyclic) bond motifs is 3. The van der Waals surface area contributed by atoms with E-state index in [2.05, 4.69) is 17.4 Å². The van der Waals surface area contributed by atoms with Gasteiger partial charge in [-0.25, -0.2) is 4.79 Å². The zero-order valence-electron chi connectivity index (χ0n) is 19.4. The summed E-state index contributed by atoms with van der Waals surface area (Å²) in [6, 6.07) is 15.4. The summed E-state index contributed by atoms with van der Waals surface area (Å²) in [7, 11) is 1.56. The van der Waals surface area contributed by atoms with Crippen LogP contribution in [0.5, 0.6) is 0 Å². The summed E-state index contributed by atoms with van der Waals surface area (Å²) >= 11 is 0. The van der Waals surface area contributed by atoms with Gasteiger partial charge in [-0.3, -0.25) is 9.59 Å². The quantitative estimate of drug-likeness (QED) is 0.561. The van der Waals surface area contributed by atoms with E-state index in [1.165, 1.54) is 4.90 Å². The minimum atomic E-state index is -0.968. The predicted octanol–water partition coefficient (Wildman–Crippen LogP) is 4.26. The Morgan fingerprint density at radius 2 is 1.64 bits per heavy atom. The molecule has 1 aliphatic rings. The maximum absolute atomic E-state index is 12.9. The van der Waals surface area contributed by atoms with Gasteiger partial charge in [-0.2, -0.15) is 0 Å². The van der Waals surface area contributed by atoms with Gasteiger partial charge in [-0.1, -0.05) is 75.2 Å². The van der Waals surface area contributed by atoms with Crippen molar-refractivity contribution in [3.8, 4) is 11.1 Å². The van der Waals surface area contributed by atoms with Crippen molar-refractivity contribution in [2.75, 3.05) is 20.2 Å². The first-order valence-corrected chi connectivity index (χ1v) is 11.4. The van der Waals surface area contributed by atoms with Gasteiger partial charge in [0.05, 0.1) is 5.92 Å². The molecule has 0 saturated carbocycles. The molecular formula is C26H32N2O5. The number of likely N-dealkylation sites (N-methyl/N-ethyl adjacent to an activating group) is 1. The Morgan fingerprint density at radius 3 is 2.18 bits per heavy atom. The Balaban J connectivity index is 1.65. The molecule has 0 radical (unpaired) electrons. The zero-order valence-corrected chi connectivity index (χ0v) is 19.4. The van der Waals surface area contributed by atoms with Gasteiger partial charge in [-0.15, -0.1) is 0 Å². The van der Waals surface area contributed by atoms with Gasteiger partial charge in [0, 0.05) is 19.5 Å². The fourth-order valence-electron chi connectivity index (χ4n) is 4.29. The van der Waals surface area contributed by atoms with E-state index in [1.807, 2.05) is 43.3 Å². The third-order valence-electron chi connectivity index (χ3n) is 6.13. The number of nitrogens with one attached hydrogen (secondary N) is 1. The molecule has 2 amide bonds. The minimum Gasteiger partial charge on any atom is -0.481 e. The van der Waals surface area contributed by atoms with Crippen molar-refractivity contribution in [2.45, 2.75) is 45.1 Å². The second-order valence-electron chi connectivity index (χ2n) is 8.62. The van der Waals surface area contributed by atoms with Crippen LogP contribution in [0.3, 0.4) is 0 Å². The normalized spacial score (nSPS) is 14.0. The van der Waals surface area contributed by atoms with Gasteiger partial charge in [0.25, 0.3) is 0 Å². The number of carbonyl (C=O) groups is 3. The van der Waals surface area contributed by atoms with E-state index in [0.717, 1.165) is 35.1 Å². The van der Waals surface area contributed by atoms with Crippen LogP contribution < -0.4 is 5.32 Å². The van der Waals surface area contributed by atoms with Gasteiger partial charge in [-0.05, 0) is 28.7 Å². The number of nitrogens with zero attached hydrogens (tertiary/aromatic N) is 1. The Morgan fingerprint density at radius 1 is 1.06 bits per heavy atom. The second-order valence-corrected chi connectivity index (χ2v) is 8.62. The Kier molecular flexibility index (Phi) is 8.09. The van der Waals surface area contributed by atoms with Gasteiger partial charge >= 0.3 is 12.1 Å². The summed E-state index contributed by atoms with van der Waals surface area (Å²) in [6.45, 7) is 3.79. The maximum Gasteiger partial charge on any atom is 0.407 e. The van der Waals surface area contributed by atoms with Gasteiger partial charge < -0.3 is 20.1 Å². The topological polar surface area (TPSA) is 95.9 Å². The number of aliphatic carboxylic acids is 1. The lowest BCUT2D eigenvalue weighted by atomic mass is 9.98. The van der Waals surface area contributed by atoms with E-state index in [0.29, 0.717) is 6.42 Å². The number of alkyl carbamates (subject to hydrolysis) is 1. The molecule has 7 heteroatoms. The standard InChI is InChI=1S/C26H32N2O5/c1-4-5-14-23(24(29)28(3)15-17(2)25(30)31)27-26(32)33-16-22-20-12-8-6-10-18(20)19-11-7-9-13-21(19)22/h6-13,17,22-23H,4-5,14-16H2,1-3H3,(H,27,32)(H,30,31). The molecule has 2 aromatic carbocycles. The van der Waals surface area contributed by atoms with Crippen molar-refractivity contribution in [1.29, 1.82) is 0 Å². The van der Waals surface area contributed by atoms with E-state index in [-0.39, 0.29) is 25.0 Å². The first kappa shape index (κ1) is 24.3. The van der Waals surface area contributed by atoms with Crippen molar-refractivity contribution in [3.63, 3.8) is 0 Å². The monoisotopic (exact) mass is 452 g/mol. The molecule has 0 heterocycles. The molecule has 2 N–H and O–H groups in total. The fraction of sp³-hybridized carbons (Fsp3) is 0.423. The molecule has 0 aromatic heterocycles. The zero-order chi connectivity index (χ0) is 24.0. The van der Waals surface area contributed by atoms with Crippen LogP contribution in [-0.2, 0) is 14.3 Å². The lowest BCUT2D eigenvalue weighted by Crippen LogP contribution is -2.49. The molecule has 0 spiro atoms. The summed E-state index contributed by atoms with van der Waals surface area (Å²) in [4.78, 5) is 38.0. The van der Waals surface area contributed by atoms with E-state index in [1.54, 1.807) is 14.0 Å². The summed E-state index contributed by atoms with van der Waals surface area (Å²) in [6.07, 6.45) is 1.44. The SMILES string of the molecule is CCCCC(NC(=O)OCC1c2ccccc2-c2ccccc21)C(=O)N(C)CC(C)C(=O)O. The summed E-state index contributed by atoms with van der Waals surface area (Å²) in [5.41, 5.74) is 4.53. The summed E-state index contributed by atoms with van der Waals surface area (Å²) in [5.74, 6) is -2.04. The molecule has 0 saturated heterocycles. The molecule has 0 fully saturated rings. The third-order valence-corrected chi connectivity index (χ3v) is 6.13. The van der Waals surface area contributed by atoms with Crippen molar-refractivity contribution >= 4 is 18.0 Å². The number of hydrogen-bond donors (Lipinski definition) is 2. The van der Waals surface area contributed by atoms with Crippen LogP contribution in [0, 0.1) is 5.92 Å². The highest BCUT2D eigenvalue weighted by Gasteiger charge is 2.30. The number of carboxylic acid groups (broad SMARTS) is 1. The number of amides is 2. The largest absolute Gasteiger partial charge is 0.481 e. The Bertz CT molecular complexity index is 960. The third kappa shape index (κ3) is 5.72. The predicted molar refractivity (Wildman–Crippen MR) is 126 cm³/mol. The molecule has 176 valence electrons. The number of ether oxygens (including phenoxy) is 1. The number of unbranched alkanes of at least 4 members (excludes halogenated alkanes) is 1. The number of hydrogen-bond acceptors (Lipinski definition) is 4. The van der Waals surface area contributed by atoms with Gasteiger partial charge in [0.1, 0.15) is 12.6 Å². The maximum atomic E-state index is 12.9. The first-order valence-electron chi connectivity index (χ1n) is 11.4. The highest BCUT2D eigenvalue weighted by molar-refractivity contribution is 5.86. The lowest BCUT2D eigenvalue weighted by Gasteiger charge is -2.26. The molecule has 1 aliphatic carbocycles. The van der Waals surface area contributed by atoms with Crippen molar-refractivity contribution in [2.24, 2.45) is 5.92 Å². The van der Waals surface area contributed by atoms with Crippen LogP contribution in [0.25, 0.3) is 11.1 Å². The van der Waals surface area contributed by atoms with Gasteiger partial charge in [0.15, 0.2) is 0 Å². The molecule has 7 nitrogen and oxygen atoms in total. The highest BCUT2D eigenvalue weighted by Crippen LogP contribution is 2.44. The molecule has 33 heavy (non-hydrogen) atoms. The van der Waals surface area contributed by atoms with Crippen molar-refractivity contribution < 1.29 is 24.2 Å². The van der Waals surface area contributed by atoms with Crippen LogP contribution in [0.1, 0.15) is 50.2 Å². The van der Waals surface area contributed by atoms with Crippen LogP contribution in [0.2, 0.25) is 0 Å². The molecule has 2 atom stereocenters. The number of benzene rings is 2. The molecule has 3 rings (SSSR count). The summed E-state index contributed by atoms with van der Waals surface area (Å²) in [5, 5.41) is 11.8. The van der Waals surface area contributed by atoms with Crippen LogP contribution >= 0.6 is 0 Å². The van der Waals surface area contributed by atoms with Crippen LogP contribution in [0.4, 0.5) is 4.79 Å². The molecule has 2 aromatic rings.